The third-order valence-electron chi connectivity index (χ3n) is 20.4. The number of hydrogen-bond donors (Lipinski definition) is 11. The highest BCUT2D eigenvalue weighted by Gasteiger charge is 2.74. The second-order valence-corrected chi connectivity index (χ2v) is 31.2. The number of allylic oxidation sites excluding steroid dienone is 2. The van der Waals surface area contributed by atoms with Crippen LogP contribution in [0.4, 0.5) is 15.6 Å². The number of benzene rings is 3. The molecule has 4 saturated carbocycles. The highest BCUT2D eigenvalue weighted by atomic mass is 32.2. The lowest BCUT2D eigenvalue weighted by atomic mass is 9.60. The molecular weight excluding hydrogens is 1350 g/mol. The van der Waals surface area contributed by atoms with E-state index in [2.05, 4.69) is 52.1 Å². The fourth-order valence-electron chi connectivity index (χ4n) is 16.1. The van der Waals surface area contributed by atoms with Gasteiger partial charge in [0.2, 0.25) is 17.7 Å². The average molecular weight is 1450 g/mol. The van der Waals surface area contributed by atoms with Gasteiger partial charge in [-0.3, -0.25) is 59.5 Å². The van der Waals surface area contributed by atoms with Gasteiger partial charge in [0, 0.05) is 85.8 Å². The maximum atomic E-state index is 14.2. The van der Waals surface area contributed by atoms with E-state index in [-0.39, 0.29) is 91.9 Å². The second-order valence-electron chi connectivity index (χ2n) is 28.6. The van der Waals surface area contributed by atoms with E-state index in [0.29, 0.717) is 77.5 Å². The summed E-state index contributed by atoms with van der Waals surface area (Å²) in [7, 11) is -4.53. The number of rotatable bonds is 38. The maximum absolute atomic E-state index is 14.2. The monoisotopic (exact) mass is 1450 g/mol. The summed E-state index contributed by atoms with van der Waals surface area (Å²) in [6, 6.07) is 17.4. The topological polar surface area (TPSA) is 425 Å². The Kier molecular flexibility index (Phi) is 24.9. The quantitative estimate of drug-likeness (QED) is 0.00544. The van der Waals surface area contributed by atoms with Gasteiger partial charge in [-0.2, -0.15) is 13.5 Å². The summed E-state index contributed by atoms with van der Waals surface area (Å²) < 4.78 is 49.6. The van der Waals surface area contributed by atoms with Crippen LogP contribution in [0.25, 0.3) is 15.8 Å². The predicted molar refractivity (Wildman–Crippen MR) is 384 cm³/mol. The molecule has 14 N–H and O–H groups in total. The number of hydrazine groups is 1. The molecule has 0 saturated heterocycles. The first-order valence-electron chi connectivity index (χ1n) is 34.3. The van der Waals surface area contributed by atoms with Gasteiger partial charge in [0.25, 0.3) is 27.8 Å². The number of ether oxygens (including phenoxy) is 2. The van der Waals surface area contributed by atoms with E-state index < -0.39 is 106 Å². The maximum Gasteiger partial charge on any atom is 0.410 e. The van der Waals surface area contributed by atoms with Crippen LogP contribution in [0, 0.1) is 35.0 Å². The van der Waals surface area contributed by atoms with Gasteiger partial charge in [0.15, 0.2) is 5.13 Å². The van der Waals surface area contributed by atoms with E-state index in [1.807, 2.05) is 55.8 Å². The van der Waals surface area contributed by atoms with Crippen LogP contribution in [0.1, 0.15) is 130 Å². The van der Waals surface area contributed by atoms with E-state index in [0.717, 1.165) is 53.0 Å². The van der Waals surface area contributed by atoms with Crippen molar-refractivity contribution >= 4 is 95.6 Å². The van der Waals surface area contributed by atoms with Crippen LogP contribution in [0.2, 0.25) is 0 Å². The van der Waals surface area contributed by atoms with Crippen LogP contribution in [0.5, 0.6) is 0 Å². The fourth-order valence-corrected chi connectivity index (χ4v) is 17.4. The Morgan fingerprint density at radius 3 is 2.30 bits per heavy atom. The number of aliphatic hydroxyl groups is 1. The number of carbonyl (C=O) groups excluding carboxylic acids is 7. The summed E-state index contributed by atoms with van der Waals surface area (Å²) in [5.74, 6) is -0.908. The predicted octanol–water partition coefficient (Wildman–Crippen LogP) is 5.93. The number of nitrogens with two attached hydrogens (primary N) is 3. The number of hydrogen-bond acceptors (Lipinski definition) is 20. The highest BCUT2D eigenvalue weighted by molar-refractivity contribution is 7.85. The number of carboxylic acid groups (broad SMARTS) is 1. The molecular formula is C72H95N13O15S2. The van der Waals surface area contributed by atoms with Crippen molar-refractivity contribution in [2.24, 2.45) is 45.4 Å². The molecule has 3 aromatic carbocycles. The molecule has 4 aliphatic carbocycles. The van der Waals surface area contributed by atoms with Crippen LogP contribution < -0.4 is 44.0 Å². The molecule has 2 aromatic heterocycles. The summed E-state index contributed by atoms with van der Waals surface area (Å²) >= 11 is 1.32. The Balaban J connectivity index is 0.835. The Morgan fingerprint density at radius 2 is 1.64 bits per heavy atom. The molecule has 3 heterocycles. The minimum atomic E-state index is -4.53. The van der Waals surface area contributed by atoms with Crippen LogP contribution in [-0.2, 0) is 74.4 Å². The minimum Gasteiger partial charge on any atom is -0.480 e. The number of aromatic nitrogens is 3. The van der Waals surface area contributed by atoms with Gasteiger partial charge in [-0.15, -0.1) is 0 Å². The molecule has 550 valence electrons. The Morgan fingerprint density at radius 1 is 0.902 bits per heavy atom. The lowest BCUT2D eigenvalue weighted by Crippen LogP contribution is -2.51. The molecule has 28 nitrogen and oxygen atoms in total. The number of amides is 7. The van der Waals surface area contributed by atoms with Crippen molar-refractivity contribution in [3.05, 3.63) is 137 Å². The number of thiazole rings is 1. The van der Waals surface area contributed by atoms with E-state index in [9.17, 15) is 61.5 Å². The number of para-hydroxylation sites is 1. The molecule has 4 bridgehead atoms. The van der Waals surface area contributed by atoms with Crippen LogP contribution in [0.15, 0.2) is 104 Å². The van der Waals surface area contributed by atoms with Gasteiger partial charge >= 0.3 is 12.1 Å². The van der Waals surface area contributed by atoms with Gasteiger partial charge in [0.1, 0.15) is 24.7 Å². The lowest BCUT2D eigenvalue weighted by molar-refractivity contribution is -0.141. The van der Waals surface area contributed by atoms with Crippen LogP contribution in [0.3, 0.4) is 0 Å². The zero-order valence-corrected chi connectivity index (χ0v) is 60.0. The molecule has 1 aliphatic heterocycles. The number of aliphatic hydroxyl groups excluding tert-OH is 1. The first-order valence-corrected chi connectivity index (χ1v) is 36.8. The van der Waals surface area contributed by atoms with Gasteiger partial charge in [0.05, 0.1) is 34.4 Å². The molecule has 0 spiro atoms. The number of aliphatic carboxylic acids is 1. The molecule has 5 aromatic rings. The average Bonchev–Trinajstić information content (AvgIpc) is 1.50. The fraction of sp³-hybridized carbons (Fsp3) is 0.500. The Labute approximate surface area is 597 Å². The largest absolute Gasteiger partial charge is 0.480 e. The third kappa shape index (κ3) is 18.2. The normalized spacial score (nSPS) is 21.4. The van der Waals surface area contributed by atoms with E-state index in [4.69, 9.17) is 31.9 Å². The van der Waals surface area contributed by atoms with Crippen molar-refractivity contribution in [1.29, 1.82) is 0 Å². The van der Waals surface area contributed by atoms with Crippen LogP contribution in [-0.4, -0.2) is 170 Å². The Hall–Kier alpha value is -8.59. The summed E-state index contributed by atoms with van der Waals surface area (Å²) in [4.78, 5) is 114. The van der Waals surface area contributed by atoms with E-state index >= 15 is 0 Å². The summed E-state index contributed by atoms with van der Waals surface area (Å²) in [6.45, 7) is 13.5. The van der Waals surface area contributed by atoms with Gasteiger partial charge in [-0.1, -0.05) is 94.2 Å². The second kappa shape index (κ2) is 32.8. The van der Waals surface area contributed by atoms with Gasteiger partial charge < -0.3 is 52.0 Å². The minimum absolute atomic E-state index is 0.00189. The third-order valence-corrected chi connectivity index (χ3v) is 22.0. The molecule has 7 unspecified atom stereocenters. The van der Waals surface area contributed by atoms with Crippen LogP contribution >= 0.6 is 11.3 Å². The van der Waals surface area contributed by atoms with Crippen molar-refractivity contribution in [2.45, 2.75) is 148 Å². The smallest absolute Gasteiger partial charge is 0.410 e. The van der Waals surface area contributed by atoms with Crippen molar-refractivity contribution in [3.63, 3.8) is 0 Å². The molecule has 30 heteroatoms. The molecule has 8 atom stereocenters. The first kappa shape index (κ1) is 77.6. The summed E-state index contributed by atoms with van der Waals surface area (Å²) in [5, 5.41) is 37.6. The van der Waals surface area contributed by atoms with Crippen molar-refractivity contribution in [3.8, 4) is 0 Å². The van der Waals surface area contributed by atoms with Gasteiger partial charge in [-0.05, 0) is 159 Å². The molecule has 4 fully saturated rings. The molecule has 5 aliphatic rings. The zero-order chi connectivity index (χ0) is 74.0. The number of fused-ring (bicyclic) bond motifs is 1. The number of nitrogens with one attached hydrogen (secondary N) is 5. The standard InChI is InChI=1S/C72H95N13O15S2/c1-7-13-55(72(74,65(93)94)35-53-48(26-27-73)14-10-16-51(53)62(90)82-66-81-56-17-8-9-19-58(56)101-66)54-36-77-85(46(54)4)44-70-40-68(5)39-69(6,42-70)71(41-68,43-70)100-32-29-83(30-33-102(96,97)98)67(95)99-38-47-20-22-49(23-21-47)79-64(92)57(18-11-28-76-75)80-63(91)52(45(2)3)34-50(15-12-31-86)78-59(87)37-84-60(88)24-25-61(84)89/h7-10,13-14,16-17,19-25,36,45,50,52,57,76,86H,1,11-12,15,18,26-35,37-44,73-75H2,2-6H3,(H,78,87)(H,79,92)(H,80,91)(H,93,94)(H,81,82,90)(H,96,97,98)/b55-13-/t50?,52?,57-,68?,69?,70?,71?,72?/m0/s1. The summed E-state index contributed by atoms with van der Waals surface area (Å²) in [5.41, 5.74) is 16.5. The van der Waals surface area contributed by atoms with Crippen molar-refractivity contribution in [2.75, 3.05) is 62.3 Å². The van der Waals surface area contributed by atoms with Gasteiger partial charge in [-0.25, -0.2) is 14.6 Å². The number of nitrogens with zero attached hydrogens (tertiary/aromatic N) is 5. The lowest BCUT2D eigenvalue weighted by Gasteiger charge is -2.46. The van der Waals surface area contributed by atoms with E-state index in [1.165, 1.54) is 22.3 Å². The molecule has 7 amide bonds. The first-order chi connectivity index (χ1) is 48.4. The Bertz CT molecular complexity index is 4090. The number of carboxylic acids is 1. The number of anilines is 2. The molecule has 10 rings (SSSR count). The SMILES string of the molecule is C=C/C=C(/c1cnn(CC23CC4(C)CC(C)(C2)C(OCCN(CCS(=O)(=O)O)C(=O)OCc2ccc(NC(=O)[C@H](CCCNN)NC(=O)C(CC(CCCO)NC(=O)CN5C(=O)C=CC5=O)C(C)C)cc2)(C4)C3)c1C)C(N)(Cc1c(CCN)cccc1C(=O)Nc1nc2ccccc2s1)C(=O)O. The molecule has 102 heavy (non-hydrogen) atoms. The number of imide groups is 1. The molecule has 0 radical (unpaired) electrons. The zero-order valence-electron chi connectivity index (χ0n) is 58.3. The summed E-state index contributed by atoms with van der Waals surface area (Å²) in [6.07, 6.45) is 11.1. The van der Waals surface area contributed by atoms with E-state index in [1.54, 1.807) is 48.7 Å². The number of carbonyl (C=O) groups is 8. The highest BCUT2D eigenvalue weighted by Crippen LogP contribution is 2.77. The van der Waals surface area contributed by atoms with Crippen molar-refractivity contribution < 1.29 is 71.0 Å². The van der Waals surface area contributed by atoms with Crippen molar-refractivity contribution in [1.82, 2.24) is 40.6 Å².